The summed E-state index contributed by atoms with van der Waals surface area (Å²) in [7, 11) is 0. The van der Waals surface area contributed by atoms with Gasteiger partial charge in [-0.05, 0) is 18.2 Å². The molecule has 0 aromatic heterocycles. The molecule has 0 fully saturated rings. The van der Waals surface area contributed by atoms with E-state index in [1.54, 1.807) is 18.2 Å². The van der Waals surface area contributed by atoms with Crippen LogP contribution in [0.15, 0.2) is 18.2 Å². The van der Waals surface area contributed by atoms with Crippen LogP contribution in [0.3, 0.4) is 0 Å². The van der Waals surface area contributed by atoms with Gasteiger partial charge in [0.2, 0.25) is 6.29 Å². The first-order chi connectivity index (χ1) is 6.16. The van der Waals surface area contributed by atoms with E-state index >= 15 is 0 Å². The van der Waals surface area contributed by atoms with E-state index in [4.69, 9.17) is 21.4 Å². The highest BCUT2D eigenvalue weighted by atomic mass is 35.5. The highest BCUT2D eigenvalue weighted by Gasteiger charge is 2.24. The first-order valence-electron chi connectivity index (χ1n) is 3.84. The molecule has 1 aliphatic heterocycles. The second-order valence-electron chi connectivity index (χ2n) is 2.84. The number of benzene rings is 1. The van der Waals surface area contributed by atoms with Gasteiger partial charge in [0.25, 0.3) is 0 Å². The number of aliphatic hydroxyl groups is 1. The Kier molecular flexibility index (Phi) is 1.98. The Morgan fingerprint density at radius 1 is 1.54 bits per heavy atom. The van der Waals surface area contributed by atoms with Crippen molar-refractivity contribution >= 4 is 17.4 Å². The molecule has 13 heavy (non-hydrogen) atoms. The van der Waals surface area contributed by atoms with Gasteiger partial charge in [-0.1, -0.05) is 11.6 Å². The summed E-state index contributed by atoms with van der Waals surface area (Å²) in [5.74, 6) is 0.254. The Hall–Kier alpha value is -1.06. The van der Waals surface area contributed by atoms with Crippen LogP contribution in [0.1, 0.15) is 16.8 Å². The van der Waals surface area contributed by atoms with E-state index in [1.165, 1.54) is 0 Å². The molecule has 0 radical (unpaired) electrons. The van der Waals surface area contributed by atoms with Crippen molar-refractivity contribution in [2.75, 3.05) is 0 Å². The van der Waals surface area contributed by atoms with Gasteiger partial charge in [-0.2, -0.15) is 0 Å². The number of aliphatic hydroxyl groups excluding tert-OH is 1. The summed E-state index contributed by atoms with van der Waals surface area (Å²) in [6, 6.07) is 4.74. The third-order valence-electron chi connectivity index (χ3n) is 1.87. The lowest BCUT2D eigenvalue weighted by Crippen LogP contribution is -2.26. The average Bonchev–Trinajstić information content (AvgIpc) is 2.06. The molecule has 0 bridgehead atoms. The van der Waals surface area contributed by atoms with Crippen LogP contribution in [0.25, 0.3) is 0 Å². The van der Waals surface area contributed by atoms with Crippen molar-refractivity contribution in [1.82, 2.24) is 0 Å². The topological polar surface area (TPSA) is 46.5 Å². The Labute approximate surface area is 79.9 Å². The van der Waals surface area contributed by atoms with E-state index in [-0.39, 0.29) is 12.2 Å². The fraction of sp³-hybridized carbons (Fsp3) is 0.222. The maximum atomic E-state index is 11.3. The van der Waals surface area contributed by atoms with Gasteiger partial charge in [-0.25, -0.2) is 0 Å². The smallest absolute Gasteiger partial charge is 0.204 e. The molecule has 0 aliphatic carbocycles. The second-order valence-corrected chi connectivity index (χ2v) is 3.28. The minimum atomic E-state index is -1.03. The molecule has 1 aromatic carbocycles. The van der Waals surface area contributed by atoms with E-state index in [0.717, 1.165) is 0 Å². The monoisotopic (exact) mass is 198 g/mol. The Morgan fingerprint density at radius 2 is 2.31 bits per heavy atom. The number of Topliss-reactive ketones (excluding diaryl/α,β-unsaturated/α-hetero) is 1. The van der Waals surface area contributed by atoms with Crippen LogP contribution in [-0.2, 0) is 0 Å². The largest absolute Gasteiger partial charge is 0.464 e. The van der Waals surface area contributed by atoms with E-state index < -0.39 is 6.29 Å². The number of ether oxygens (including phenoxy) is 1. The lowest BCUT2D eigenvalue weighted by Gasteiger charge is -2.20. The SMILES string of the molecule is O=C1CC(O)Oc2ccc(Cl)cc21. The Morgan fingerprint density at radius 3 is 3.08 bits per heavy atom. The number of hydrogen-bond donors (Lipinski definition) is 1. The number of ketones is 1. The molecule has 3 nitrogen and oxygen atoms in total. The lowest BCUT2D eigenvalue weighted by atomic mass is 10.0. The molecule has 1 aliphatic rings. The molecule has 2 rings (SSSR count). The summed E-state index contributed by atoms with van der Waals surface area (Å²) >= 11 is 5.71. The van der Waals surface area contributed by atoms with Crippen molar-refractivity contribution in [3.05, 3.63) is 28.8 Å². The summed E-state index contributed by atoms with van der Waals surface area (Å²) in [5, 5.41) is 9.61. The fourth-order valence-electron chi connectivity index (χ4n) is 1.28. The molecular formula is C9H7ClO3. The van der Waals surface area contributed by atoms with E-state index in [0.29, 0.717) is 16.3 Å². The summed E-state index contributed by atoms with van der Waals surface area (Å²) < 4.78 is 5.03. The summed E-state index contributed by atoms with van der Waals surface area (Å²) in [6.07, 6.45) is -1.03. The zero-order valence-corrected chi connectivity index (χ0v) is 7.41. The molecule has 1 aromatic rings. The number of carbonyl (C=O) groups excluding carboxylic acids is 1. The predicted molar refractivity (Wildman–Crippen MR) is 47.0 cm³/mol. The van der Waals surface area contributed by atoms with Gasteiger partial charge >= 0.3 is 0 Å². The number of rotatable bonds is 0. The van der Waals surface area contributed by atoms with Crippen molar-refractivity contribution < 1.29 is 14.6 Å². The summed E-state index contributed by atoms with van der Waals surface area (Å²) in [5.41, 5.74) is 0.442. The minimum Gasteiger partial charge on any atom is -0.464 e. The lowest BCUT2D eigenvalue weighted by molar-refractivity contribution is -0.0245. The summed E-state index contributed by atoms with van der Waals surface area (Å²) in [4.78, 5) is 11.3. The molecule has 0 spiro atoms. The van der Waals surface area contributed by atoms with Crippen LogP contribution >= 0.6 is 11.6 Å². The molecule has 68 valence electrons. The first-order valence-corrected chi connectivity index (χ1v) is 4.22. The molecule has 1 N–H and O–H groups in total. The minimum absolute atomic E-state index is 0.00660. The standard InChI is InChI=1S/C9H7ClO3/c10-5-1-2-8-6(3-5)7(11)4-9(12)13-8/h1-3,9,12H,4H2. The fourth-order valence-corrected chi connectivity index (χ4v) is 1.45. The van der Waals surface area contributed by atoms with Crippen LogP contribution in [0.2, 0.25) is 5.02 Å². The Balaban J connectivity index is 2.49. The zero-order valence-electron chi connectivity index (χ0n) is 6.66. The van der Waals surface area contributed by atoms with E-state index in [9.17, 15) is 4.79 Å². The third kappa shape index (κ3) is 1.53. The van der Waals surface area contributed by atoms with Gasteiger partial charge in [-0.3, -0.25) is 4.79 Å². The maximum Gasteiger partial charge on any atom is 0.204 e. The van der Waals surface area contributed by atoms with Gasteiger partial charge in [0.05, 0.1) is 12.0 Å². The van der Waals surface area contributed by atoms with Crippen LogP contribution < -0.4 is 4.74 Å². The molecule has 0 saturated carbocycles. The molecule has 0 saturated heterocycles. The van der Waals surface area contributed by atoms with Crippen LogP contribution in [0.5, 0.6) is 5.75 Å². The maximum absolute atomic E-state index is 11.3. The molecule has 1 unspecified atom stereocenters. The number of hydrogen-bond acceptors (Lipinski definition) is 3. The number of carbonyl (C=O) groups is 1. The average molecular weight is 199 g/mol. The Bertz CT molecular complexity index is 362. The third-order valence-corrected chi connectivity index (χ3v) is 2.10. The van der Waals surface area contributed by atoms with E-state index in [1.807, 2.05) is 0 Å². The quantitative estimate of drug-likeness (QED) is 0.689. The van der Waals surface area contributed by atoms with Crippen molar-refractivity contribution in [2.45, 2.75) is 12.7 Å². The molecule has 1 heterocycles. The van der Waals surface area contributed by atoms with Crippen LogP contribution in [0, 0.1) is 0 Å². The van der Waals surface area contributed by atoms with Gasteiger partial charge in [0.15, 0.2) is 5.78 Å². The van der Waals surface area contributed by atoms with Crippen molar-refractivity contribution in [2.24, 2.45) is 0 Å². The molecular weight excluding hydrogens is 192 g/mol. The highest BCUT2D eigenvalue weighted by molar-refractivity contribution is 6.31. The summed E-state index contributed by atoms with van der Waals surface area (Å²) in [6.45, 7) is 0. The van der Waals surface area contributed by atoms with Crippen LogP contribution in [-0.4, -0.2) is 17.2 Å². The van der Waals surface area contributed by atoms with E-state index in [2.05, 4.69) is 0 Å². The number of halogens is 1. The number of fused-ring (bicyclic) bond motifs is 1. The normalized spacial score (nSPS) is 20.8. The van der Waals surface area contributed by atoms with Crippen molar-refractivity contribution in [1.29, 1.82) is 0 Å². The highest BCUT2D eigenvalue weighted by Crippen LogP contribution is 2.29. The second kappa shape index (κ2) is 3.01. The first kappa shape index (κ1) is 8.53. The molecule has 1 atom stereocenters. The van der Waals surface area contributed by atoms with Gasteiger partial charge in [0.1, 0.15) is 5.75 Å². The van der Waals surface area contributed by atoms with Crippen molar-refractivity contribution in [3.63, 3.8) is 0 Å². The molecule has 0 amide bonds. The molecule has 4 heteroatoms. The van der Waals surface area contributed by atoms with Gasteiger partial charge in [-0.15, -0.1) is 0 Å². The van der Waals surface area contributed by atoms with Crippen LogP contribution in [0.4, 0.5) is 0 Å². The predicted octanol–water partition coefficient (Wildman–Crippen LogP) is 1.62. The van der Waals surface area contributed by atoms with Gasteiger partial charge in [0, 0.05) is 5.02 Å². The van der Waals surface area contributed by atoms with Crippen molar-refractivity contribution in [3.8, 4) is 5.75 Å². The van der Waals surface area contributed by atoms with Gasteiger partial charge < -0.3 is 9.84 Å². The zero-order chi connectivity index (χ0) is 9.42.